The van der Waals surface area contributed by atoms with E-state index in [9.17, 15) is 0 Å². The van der Waals surface area contributed by atoms with E-state index in [-0.39, 0.29) is 0 Å². The molecule has 0 aliphatic carbocycles. The van der Waals surface area contributed by atoms with Crippen LogP contribution in [0.4, 0.5) is 0 Å². The summed E-state index contributed by atoms with van der Waals surface area (Å²) in [4.78, 5) is 0. The standard InChI is InChI=1S/C11H11NO.C3H9N/c1-2-10-6-9-4-3-8(7-12)5-11(9)13-10;1-3-4-2/h3-5,10H,2,6H2,1H3;4H,3H2,1-2H3. The third-order valence-corrected chi connectivity index (χ3v) is 2.75. The Bertz CT molecular complexity index is 394. The molecule has 0 radical (unpaired) electrons. The molecule has 17 heavy (non-hydrogen) atoms. The van der Waals surface area contributed by atoms with E-state index in [0.29, 0.717) is 11.7 Å². The molecule has 1 aliphatic heterocycles. The minimum Gasteiger partial charge on any atom is -0.490 e. The maximum absolute atomic E-state index is 8.69. The van der Waals surface area contributed by atoms with E-state index in [1.54, 1.807) is 0 Å². The van der Waals surface area contributed by atoms with Gasteiger partial charge in [0.2, 0.25) is 0 Å². The topological polar surface area (TPSA) is 45.0 Å². The molecule has 0 saturated heterocycles. The Morgan fingerprint density at radius 1 is 1.47 bits per heavy atom. The normalized spacial score (nSPS) is 16.2. The maximum Gasteiger partial charge on any atom is 0.124 e. The van der Waals surface area contributed by atoms with Crippen LogP contribution in [0.1, 0.15) is 31.4 Å². The van der Waals surface area contributed by atoms with E-state index in [1.165, 1.54) is 5.56 Å². The molecule has 1 unspecified atom stereocenters. The fourth-order valence-corrected chi connectivity index (χ4v) is 1.60. The van der Waals surface area contributed by atoms with E-state index in [2.05, 4.69) is 25.2 Å². The van der Waals surface area contributed by atoms with Gasteiger partial charge < -0.3 is 10.1 Å². The summed E-state index contributed by atoms with van der Waals surface area (Å²) in [7, 11) is 1.93. The number of ether oxygens (including phenoxy) is 1. The average molecular weight is 232 g/mol. The molecule has 0 saturated carbocycles. The summed E-state index contributed by atoms with van der Waals surface area (Å²) in [6.45, 7) is 5.25. The van der Waals surface area contributed by atoms with Crippen LogP contribution in [0, 0.1) is 11.3 Å². The molecule has 1 heterocycles. The Hall–Kier alpha value is -1.53. The molecule has 92 valence electrons. The van der Waals surface area contributed by atoms with Gasteiger partial charge in [-0.2, -0.15) is 5.26 Å². The van der Waals surface area contributed by atoms with E-state index in [1.807, 2.05) is 25.2 Å². The van der Waals surface area contributed by atoms with Gasteiger partial charge in [-0.3, -0.25) is 0 Å². The van der Waals surface area contributed by atoms with Crippen molar-refractivity contribution >= 4 is 0 Å². The summed E-state index contributed by atoms with van der Waals surface area (Å²) < 4.78 is 5.65. The predicted octanol–water partition coefficient (Wildman–Crippen LogP) is 2.50. The number of nitrogens with zero attached hydrogens (tertiary/aromatic N) is 1. The molecule has 3 heteroatoms. The summed E-state index contributed by atoms with van der Waals surface area (Å²) in [6, 6.07) is 7.77. The SMILES string of the molecule is CCC1Cc2ccc(C#N)cc2O1.CCNC. The van der Waals surface area contributed by atoms with Crippen LogP contribution < -0.4 is 10.1 Å². The molecule has 2 rings (SSSR count). The summed E-state index contributed by atoms with van der Waals surface area (Å²) >= 11 is 0. The summed E-state index contributed by atoms with van der Waals surface area (Å²) in [5, 5.41) is 11.6. The van der Waals surface area contributed by atoms with Gasteiger partial charge in [-0.1, -0.05) is 19.9 Å². The lowest BCUT2D eigenvalue weighted by Gasteiger charge is -2.05. The first-order valence-corrected chi connectivity index (χ1v) is 6.09. The fourth-order valence-electron chi connectivity index (χ4n) is 1.60. The van der Waals surface area contributed by atoms with Crippen molar-refractivity contribution in [3.63, 3.8) is 0 Å². The van der Waals surface area contributed by atoms with Gasteiger partial charge in [-0.15, -0.1) is 0 Å². The Balaban J connectivity index is 0.000000317. The molecule has 3 nitrogen and oxygen atoms in total. The first kappa shape index (κ1) is 13.5. The molecule has 0 spiro atoms. The molecular weight excluding hydrogens is 212 g/mol. The van der Waals surface area contributed by atoms with Gasteiger partial charge >= 0.3 is 0 Å². The minimum atomic E-state index is 0.309. The van der Waals surface area contributed by atoms with Gasteiger partial charge in [0.25, 0.3) is 0 Å². The lowest BCUT2D eigenvalue weighted by atomic mass is 10.1. The Labute approximate surface area is 103 Å². The maximum atomic E-state index is 8.69. The van der Waals surface area contributed by atoms with E-state index >= 15 is 0 Å². The minimum absolute atomic E-state index is 0.309. The first-order valence-electron chi connectivity index (χ1n) is 6.09. The highest BCUT2D eigenvalue weighted by Crippen LogP contribution is 2.30. The van der Waals surface area contributed by atoms with Crippen molar-refractivity contribution in [2.24, 2.45) is 0 Å². The van der Waals surface area contributed by atoms with Crippen LogP contribution in [0.3, 0.4) is 0 Å². The lowest BCUT2D eigenvalue weighted by molar-refractivity contribution is 0.228. The van der Waals surface area contributed by atoms with Gasteiger partial charge in [0.05, 0.1) is 11.6 Å². The molecule has 1 atom stereocenters. The number of benzene rings is 1. The Kier molecular flexibility index (Phi) is 5.51. The molecular formula is C14H20N2O. The quantitative estimate of drug-likeness (QED) is 0.852. The monoisotopic (exact) mass is 232 g/mol. The zero-order valence-corrected chi connectivity index (χ0v) is 10.8. The zero-order chi connectivity index (χ0) is 12.7. The van der Waals surface area contributed by atoms with Crippen LogP contribution in [-0.4, -0.2) is 19.7 Å². The average Bonchev–Trinajstić information content (AvgIpc) is 2.80. The number of hydrogen-bond acceptors (Lipinski definition) is 3. The third-order valence-electron chi connectivity index (χ3n) is 2.75. The van der Waals surface area contributed by atoms with Gasteiger partial charge in [-0.05, 0) is 37.7 Å². The number of nitrogens with one attached hydrogen (secondary N) is 1. The van der Waals surface area contributed by atoms with Crippen molar-refractivity contribution in [2.45, 2.75) is 32.8 Å². The molecule has 0 amide bonds. The van der Waals surface area contributed by atoms with Crippen LogP contribution in [-0.2, 0) is 6.42 Å². The first-order chi connectivity index (χ1) is 8.24. The molecule has 1 aromatic rings. The highest BCUT2D eigenvalue weighted by Gasteiger charge is 2.20. The van der Waals surface area contributed by atoms with Crippen LogP contribution in [0.15, 0.2) is 18.2 Å². The van der Waals surface area contributed by atoms with Gasteiger partial charge in [0.15, 0.2) is 0 Å². The number of fused-ring (bicyclic) bond motifs is 1. The second-order valence-electron chi connectivity index (χ2n) is 3.99. The van der Waals surface area contributed by atoms with Crippen molar-refractivity contribution < 1.29 is 4.74 Å². The smallest absolute Gasteiger partial charge is 0.124 e. The van der Waals surface area contributed by atoms with Crippen LogP contribution >= 0.6 is 0 Å². The number of nitriles is 1. The molecule has 1 aliphatic rings. The summed E-state index contributed by atoms with van der Waals surface area (Å²) in [5.41, 5.74) is 1.90. The third kappa shape index (κ3) is 3.76. The van der Waals surface area contributed by atoms with Crippen molar-refractivity contribution in [1.82, 2.24) is 5.32 Å². The fraction of sp³-hybridized carbons (Fsp3) is 0.500. The molecule has 0 fully saturated rings. The number of rotatable bonds is 2. The van der Waals surface area contributed by atoms with E-state index in [4.69, 9.17) is 10.00 Å². The number of hydrogen-bond donors (Lipinski definition) is 1. The van der Waals surface area contributed by atoms with Gasteiger partial charge in [0, 0.05) is 6.42 Å². The second kappa shape index (κ2) is 6.93. The summed E-state index contributed by atoms with van der Waals surface area (Å²) in [5.74, 6) is 0.894. The highest BCUT2D eigenvalue weighted by molar-refractivity contribution is 5.44. The highest BCUT2D eigenvalue weighted by atomic mass is 16.5. The van der Waals surface area contributed by atoms with Crippen molar-refractivity contribution in [2.75, 3.05) is 13.6 Å². The van der Waals surface area contributed by atoms with Crippen molar-refractivity contribution in [3.05, 3.63) is 29.3 Å². The lowest BCUT2D eigenvalue weighted by Crippen LogP contribution is -2.10. The second-order valence-corrected chi connectivity index (χ2v) is 3.99. The van der Waals surface area contributed by atoms with Gasteiger partial charge in [-0.25, -0.2) is 0 Å². The van der Waals surface area contributed by atoms with E-state index in [0.717, 1.165) is 25.1 Å². The molecule has 0 bridgehead atoms. The van der Waals surface area contributed by atoms with Crippen molar-refractivity contribution in [1.29, 1.82) is 5.26 Å². The van der Waals surface area contributed by atoms with Crippen LogP contribution in [0.2, 0.25) is 0 Å². The summed E-state index contributed by atoms with van der Waals surface area (Å²) in [6.07, 6.45) is 2.32. The zero-order valence-electron chi connectivity index (χ0n) is 10.8. The Morgan fingerprint density at radius 3 is 2.71 bits per heavy atom. The van der Waals surface area contributed by atoms with E-state index < -0.39 is 0 Å². The predicted molar refractivity (Wildman–Crippen MR) is 69.2 cm³/mol. The molecule has 1 aromatic carbocycles. The van der Waals surface area contributed by atoms with Crippen LogP contribution in [0.5, 0.6) is 5.75 Å². The largest absolute Gasteiger partial charge is 0.490 e. The van der Waals surface area contributed by atoms with Crippen LogP contribution in [0.25, 0.3) is 0 Å². The Morgan fingerprint density at radius 2 is 2.18 bits per heavy atom. The van der Waals surface area contributed by atoms with Gasteiger partial charge in [0.1, 0.15) is 11.9 Å². The van der Waals surface area contributed by atoms with Crippen molar-refractivity contribution in [3.8, 4) is 11.8 Å². The molecule has 0 aromatic heterocycles. The molecule has 1 N–H and O–H groups in total.